The van der Waals surface area contributed by atoms with Crippen molar-refractivity contribution in [2.24, 2.45) is 0 Å². The highest BCUT2D eigenvalue weighted by atomic mass is 19.1. The Morgan fingerprint density at radius 2 is 1.93 bits per heavy atom. The zero-order valence-corrected chi connectivity index (χ0v) is 15.1. The molecule has 0 saturated heterocycles. The molecule has 2 aromatic rings. The van der Waals surface area contributed by atoms with Crippen LogP contribution in [-0.2, 0) is 10.3 Å². The Labute approximate surface area is 155 Å². The van der Waals surface area contributed by atoms with E-state index in [0.717, 1.165) is 31.4 Å². The van der Waals surface area contributed by atoms with Crippen molar-refractivity contribution >= 4 is 11.7 Å². The van der Waals surface area contributed by atoms with E-state index in [9.17, 15) is 18.4 Å². The fourth-order valence-electron chi connectivity index (χ4n) is 3.46. The van der Waals surface area contributed by atoms with Crippen molar-refractivity contribution in [1.29, 1.82) is 0 Å². The van der Waals surface area contributed by atoms with E-state index in [1.54, 1.807) is 6.92 Å². The van der Waals surface area contributed by atoms with Gasteiger partial charge in [-0.25, -0.2) is 8.78 Å². The molecule has 1 saturated carbocycles. The number of aryl methyl sites for hydroxylation is 1. The van der Waals surface area contributed by atoms with Crippen LogP contribution in [0, 0.1) is 18.6 Å². The third-order valence-corrected chi connectivity index (χ3v) is 4.85. The van der Waals surface area contributed by atoms with Crippen LogP contribution in [0.3, 0.4) is 0 Å². The van der Waals surface area contributed by atoms with E-state index in [4.69, 9.17) is 4.52 Å². The standard InChI is InChI=1S/C19H21F2N3O3/c1-12-22-18(24-27-12)19(9-3-2-4-10-19)23-17(26)8-7-16(25)14-6-5-13(20)11-15(14)21/h5-6,11H,2-4,7-10H2,1H3,(H,23,26). The average Bonchev–Trinajstić information content (AvgIpc) is 3.08. The predicted octanol–water partition coefficient (Wildman–Crippen LogP) is 3.59. The zero-order chi connectivity index (χ0) is 19.4. The van der Waals surface area contributed by atoms with E-state index in [2.05, 4.69) is 15.5 Å². The highest BCUT2D eigenvalue weighted by molar-refractivity contribution is 5.98. The van der Waals surface area contributed by atoms with Crippen LogP contribution in [0.2, 0.25) is 0 Å². The number of hydrogen-bond donors (Lipinski definition) is 1. The number of carbonyl (C=O) groups is 2. The maximum absolute atomic E-state index is 13.7. The number of carbonyl (C=O) groups excluding carboxylic acids is 2. The molecule has 6 nitrogen and oxygen atoms in total. The van der Waals surface area contributed by atoms with Crippen LogP contribution in [0.25, 0.3) is 0 Å². The van der Waals surface area contributed by atoms with Gasteiger partial charge < -0.3 is 9.84 Å². The van der Waals surface area contributed by atoms with Crippen LogP contribution >= 0.6 is 0 Å². The lowest BCUT2D eigenvalue weighted by molar-refractivity contribution is -0.123. The summed E-state index contributed by atoms with van der Waals surface area (Å²) >= 11 is 0. The first kappa shape index (κ1) is 19.1. The first-order valence-corrected chi connectivity index (χ1v) is 9.00. The molecular formula is C19H21F2N3O3. The second-order valence-corrected chi connectivity index (χ2v) is 6.88. The van der Waals surface area contributed by atoms with Gasteiger partial charge in [-0.15, -0.1) is 0 Å². The molecule has 144 valence electrons. The molecule has 0 atom stereocenters. The van der Waals surface area contributed by atoms with Gasteiger partial charge in [-0.2, -0.15) is 4.98 Å². The van der Waals surface area contributed by atoms with Crippen LogP contribution in [0.15, 0.2) is 22.7 Å². The topological polar surface area (TPSA) is 85.1 Å². The smallest absolute Gasteiger partial charge is 0.223 e. The molecule has 1 aliphatic carbocycles. The first-order valence-electron chi connectivity index (χ1n) is 9.00. The molecular weight excluding hydrogens is 356 g/mol. The molecule has 1 aromatic heterocycles. The van der Waals surface area contributed by atoms with Crippen LogP contribution < -0.4 is 5.32 Å². The molecule has 1 amide bonds. The van der Waals surface area contributed by atoms with E-state index in [-0.39, 0.29) is 24.3 Å². The largest absolute Gasteiger partial charge is 0.343 e. The maximum atomic E-state index is 13.7. The third-order valence-electron chi connectivity index (χ3n) is 4.85. The first-order chi connectivity index (χ1) is 12.9. The van der Waals surface area contributed by atoms with Crippen LogP contribution in [0.4, 0.5) is 8.78 Å². The van der Waals surface area contributed by atoms with Crippen molar-refractivity contribution in [1.82, 2.24) is 15.5 Å². The summed E-state index contributed by atoms with van der Waals surface area (Å²) < 4.78 is 31.7. The third kappa shape index (κ3) is 4.37. The number of aromatic nitrogens is 2. The van der Waals surface area contributed by atoms with Crippen LogP contribution in [0.1, 0.15) is 67.0 Å². The van der Waals surface area contributed by atoms with Gasteiger partial charge in [0.05, 0.1) is 5.56 Å². The second-order valence-electron chi connectivity index (χ2n) is 6.88. The van der Waals surface area contributed by atoms with Crippen molar-refractivity contribution in [3.63, 3.8) is 0 Å². The van der Waals surface area contributed by atoms with Crippen molar-refractivity contribution in [2.75, 3.05) is 0 Å². The lowest BCUT2D eigenvalue weighted by Gasteiger charge is -2.35. The molecule has 27 heavy (non-hydrogen) atoms. The van der Waals surface area contributed by atoms with E-state index < -0.39 is 23.0 Å². The lowest BCUT2D eigenvalue weighted by Crippen LogP contribution is -2.48. The predicted molar refractivity (Wildman–Crippen MR) is 91.9 cm³/mol. The fourth-order valence-corrected chi connectivity index (χ4v) is 3.46. The summed E-state index contributed by atoms with van der Waals surface area (Å²) in [5.41, 5.74) is -0.914. The summed E-state index contributed by atoms with van der Waals surface area (Å²) in [7, 11) is 0. The number of benzene rings is 1. The minimum atomic E-state index is -0.925. The zero-order valence-electron chi connectivity index (χ0n) is 15.1. The van der Waals surface area contributed by atoms with Gasteiger partial charge >= 0.3 is 0 Å². The Kier molecular flexibility index (Phi) is 5.62. The molecule has 1 aromatic carbocycles. The number of ketones is 1. The number of rotatable bonds is 6. The number of Topliss-reactive ketones (excluding diaryl/α,β-unsaturated/α-hetero) is 1. The number of hydrogen-bond acceptors (Lipinski definition) is 5. The molecule has 1 aliphatic rings. The van der Waals surface area contributed by atoms with E-state index >= 15 is 0 Å². The minimum absolute atomic E-state index is 0.103. The van der Waals surface area contributed by atoms with Crippen molar-refractivity contribution in [3.8, 4) is 0 Å². The van der Waals surface area contributed by atoms with Gasteiger partial charge in [-0.05, 0) is 25.0 Å². The van der Waals surface area contributed by atoms with Crippen molar-refractivity contribution in [2.45, 2.75) is 57.4 Å². The fraction of sp³-hybridized carbons (Fsp3) is 0.474. The van der Waals surface area contributed by atoms with E-state index in [1.165, 1.54) is 0 Å². The summed E-state index contributed by atoms with van der Waals surface area (Å²) in [5.74, 6) is -1.69. The molecule has 0 unspecified atom stereocenters. The van der Waals surface area contributed by atoms with Gasteiger partial charge in [-0.1, -0.05) is 24.4 Å². The number of nitrogens with zero attached hydrogens (tertiary/aromatic N) is 2. The summed E-state index contributed by atoms with van der Waals surface area (Å²) in [5, 5.41) is 6.94. The van der Waals surface area contributed by atoms with Gasteiger partial charge in [0.15, 0.2) is 11.6 Å². The molecule has 0 bridgehead atoms. The van der Waals surface area contributed by atoms with Gasteiger partial charge in [0, 0.05) is 25.8 Å². The molecule has 1 heterocycles. The molecule has 1 N–H and O–H groups in total. The highest BCUT2D eigenvalue weighted by Gasteiger charge is 2.39. The SMILES string of the molecule is Cc1nc(C2(NC(=O)CCC(=O)c3ccc(F)cc3F)CCCCC2)no1. The van der Waals surface area contributed by atoms with Crippen LogP contribution in [-0.4, -0.2) is 21.8 Å². The summed E-state index contributed by atoms with van der Waals surface area (Å²) in [6, 6.07) is 2.77. The van der Waals surface area contributed by atoms with Crippen LogP contribution in [0.5, 0.6) is 0 Å². The quantitative estimate of drug-likeness (QED) is 0.778. The minimum Gasteiger partial charge on any atom is -0.343 e. The van der Waals surface area contributed by atoms with Gasteiger partial charge in [-0.3, -0.25) is 9.59 Å². The molecule has 3 rings (SSSR count). The van der Waals surface area contributed by atoms with E-state index in [1.807, 2.05) is 0 Å². The second kappa shape index (κ2) is 7.94. The summed E-state index contributed by atoms with van der Waals surface area (Å²) in [4.78, 5) is 28.9. The Morgan fingerprint density at radius 1 is 1.19 bits per heavy atom. The van der Waals surface area contributed by atoms with E-state index in [0.29, 0.717) is 30.6 Å². The Balaban J connectivity index is 1.65. The lowest BCUT2D eigenvalue weighted by atomic mass is 9.80. The van der Waals surface area contributed by atoms with Gasteiger partial charge in [0.1, 0.15) is 17.2 Å². The number of halogens is 2. The van der Waals surface area contributed by atoms with Gasteiger partial charge in [0.2, 0.25) is 11.8 Å². The molecule has 0 spiro atoms. The Bertz CT molecular complexity index is 844. The number of nitrogens with one attached hydrogen (secondary N) is 1. The number of amides is 1. The highest BCUT2D eigenvalue weighted by Crippen LogP contribution is 2.35. The summed E-state index contributed by atoms with van der Waals surface area (Å²) in [6.45, 7) is 1.69. The van der Waals surface area contributed by atoms with Crippen molar-refractivity contribution in [3.05, 3.63) is 47.1 Å². The maximum Gasteiger partial charge on any atom is 0.223 e. The van der Waals surface area contributed by atoms with Crippen molar-refractivity contribution < 1.29 is 22.9 Å². The molecule has 0 radical (unpaired) electrons. The monoisotopic (exact) mass is 377 g/mol. The molecule has 8 heteroatoms. The normalized spacial score (nSPS) is 16.1. The molecule has 1 fully saturated rings. The average molecular weight is 377 g/mol. The summed E-state index contributed by atoms with van der Waals surface area (Å²) in [6.07, 6.45) is 4.03. The molecule has 0 aliphatic heterocycles. The van der Waals surface area contributed by atoms with Gasteiger partial charge in [0.25, 0.3) is 0 Å². The Morgan fingerprint density at radius 3 is 2.56 bits per heavy atom. The Hall–Kier alpha value is -2.64.